The van der Waals surface area contributed by atoms with Crippen molar-refractivity contribution in [1.82, 2.24) is 0 Å². The van der Waals surface area contributed by atoms with Gasteiger partial charge < -0.3 is 14.6 Å². The first-order valence-electron chi connectivity index (χ1n) is 6.10. The lowest BCUT2D eigenvalue weighted by atomic mass is 10.1. The molecule has 0 aromatic heterocycles. The van der Waals surface area contributed by atoms with Gasteiger partial charge in [-0.15, -0.1) is 0 Å². The van der Waals surface area contributed by atoms with E-state index >= 15 is 0 Å². The molecule has 8 heteroatoms. The lowest BCUT2D eigenvalue weighted by Gasteiger charge is -2.11. The maximum absolute atomic E-state index is 11.0. The lowest BCUT2D eigenvalue weighted by molar-refractivity contribution is -0.385. The Bertz CT molecular complexity index is 579. The average Bonchev–Trinajstić information content (AvgIpc) is 2.46. The first kappa shape index (κ1) is 16.2. The van der Waals surface area contributed by atoms with E-state index in [1.54, 1.807) is 0 Å². The summed E-state index contributed by atoms with van der Waals surface area (Å²) in [6.07, 6.45) is 1.65. The maximum atomic E-state index is 11.0. The molecule has 0 saturated carbocycles. The van der Waals surface area contributed by atoms with Gasteiger partial charge in [0.05, 0.1) is 30.8 Å². The Labute approximate surface area is 120 Å². The van der Waals surface area contributed by atoms with Crippen LogP contribution >= 0.6 is 0 Å². The number of rotatable bonds is 8. The summed E-state index contributed by atoms with van der Waals surface area (Å²) in [5, 5.41) is 28.3. The zero-order valence-electron chi connectivity index (χ0n) is 11.4. The molecule has 0 heterocycles. The molecule has 1 aromatic rings. The molecule has 0 aliphatic heterocycles. The molecule has 0 aliphatic carbocycles. The molecule has 0 unspecified atom stereocenters. The number of aromatic carboxylic acids is 1. The van der Waals surface area contributed by atoms with Crippen molar-refractivity contribution in [2.24, 2.45) is 0 Å². The van der Waals surface area contributed by atoms with Crippen molar-refractivity contribution in [1.29, 1.82) is 5.26 Å². The molecule has 112 valence electrons. The van der Waals surface area contributed by atoms with Crippen molar-refractivity contribution in [3.63, 3.8) is 0 Å². The van der Waals surface area contributed by atoms with Crippen LogP contribution in [0.5, 0.6) is 11.5 Å². The Morgan fingerprint density at radius 2 is 2.14 bits per heavy atom. The number of unbranched alkanes of at least 4 members (excludes halogenated alkanes) is 2. The number of ether oxygens (including phenoxy) is 2. The number of nitrogens with zero attached hydrogens (tertiary/aromatic N) is 2. The minimum atomic E-state index is -1.42. The molecule has 0 fully saturated rings. The topological polar surface area (TPSA) is 123 Å². The molecule has 0 bridgehead atoms. The summed E-state index contributed by atoms with van der Waals surface area (Å²) in [4.78, 5) is 21.1. The highest BCUT2D eigenvalue weighted by Gasteiger charge is 2.24. The Balaban J connectivity index is 2.97. The quantitative estimate of drug-likeness (QED) is 0.443. The van der Waals surface area contributed by atoms with E-state index in [1.807, 2.05) is 6.07 Å². The monoisotopic (exact) mass is 294 g/mol. The normalized spacial score (nSPS) is 9.71. The molecular formula is C13H14N2O6. The predicted octanol–water partition coefficient (Wildman–Crippen LogP) is 2.37. The summed E-state index contributed by atoms with van der Waals surface area (Å²) in [6, 6.07) is 4.09. The van der Waals surface area contributed by atoms with Gasteiger partial charge in [-0.2, -0.15) is 5.26 Å². The fraction of sp³-hybridized carbons (Fsp3) is 0.385. The van der Waals surface area contributed by atoms with Crippen LogP contribution in [0.25, 0.3) is 0 Å². The molecule has 0 aliphatic rings. The van der Waals surface area contributed by atoms with Crippen molar-refractivity contribution in [3.8, 4) is 17.6 Å². The molecular weight excluding hydrogens is 280 g/mol. The van der Waals surface area contributed by atoms with Crippen LogP contribution < -0.4 is 9.47 Å². The third kappa shape index (κ3) is 4.35. The predicted molar refractivity (Wildman–Crippen MR) is 71.6 cm³/mol. The van der Waals surface area contributed by atoms with Crippen LogP contribution in [0.2, 0.25) is 0 Å². The second-order valence-electron chi connectivity index (χ2n) is 4.05. The molecule has 1 aromatic carbocycles. The van der Waals surface area contributed by atoms with Gasteiger partial charge in [0.1, 0.15) is 5.56 Å². The summed E-state index contributed by atoms with van der Waals surface area (Å²) in [5.41, 5.74) is -1.02. The van der Waals surface area contributed by atoms with Gasteiger partial charge in [0.25, 0.3) is 5.69 Å². The number of hydrogen-bond donors (Lipinski definition) is 1. The SMILES string of the molecule is COc1cc(C(=O)O)c([N+](=O)[O-])cc1OCCCCC#N. The summed E-state index contributed by atoms with van der Waals surface area (Å²) >= 11 is 0. The highest BCUT2D eigenvalue weighted by atomic mass is 16.6. The number of carboxylic acid groups (broad SMARTS) is 1. The number of nitro groups is 1. The van der Waals surface area contributed by atoms with E-state index in [9.17, 15) is 14.9 Å². The molecule has 1 rings (SSSR count). The molecule has 1 N–H and O–H groups in total. The number of nitriles is 1. The maximum Gasteiger partial charge on any atom is 0.342 e. The van der Waals surface area contributed by atoms with Crippen molar-refractivity contribution < 1.29 is 24.3 Å². The average molecular weight is 294 g/mol. The van der Waals surface area contributed by atoms with Gasteiger partial charge in [0, 0.05) is 12.5 Å². The van der Waals surface area contributed by atoms with E-state index in [-0.39, 0.29) is 18.1 Å². The second-order valence-corrected chi connectivity index (χ2v) is 4.05. The fourth-order valence-corrected chi connectivity index (χ4v) is 1.63. The van der Waals surface area contributed by atoms with Crippen LogP contribution in [0.4, 0.5) is 5.69 Å². The summed E-state index contributed by atoms with van der Waals surface area (Å²) < 4.78 is 10.4. The van der Waals surface area contributed by atoms with Crippen LogP contribution in [0.15, 0.2) is 12.1 Å². The number of carboxylic acids is 1. The number of carbonyl (C=O) groups is 1. The minimum absolute atomic E-state index is 0.103. The summed E-state index contributed by atoms with van der Waals surface area (Å²) in [6.45, 7) is 0.252. The number of methoxy groups -OCH3 is 1. The molecule has 21 heavy (non-hydrogen) atoms. The number of hydrogen-bond acceptors (Lipinski definition) is 6. The van der Waals surface area contributed by atoms with E-state index in [0.717, 1.165) is 12.1 Å². The van der Waals surface area contributed by atoms with Crippen LogP contribution in [-0.2, 0) is 0 Å². The van der Waals surface area contributed by atoms with Gasteiger partial charge in [-0.1, -0.05) is 0 Å². The van der Waals surface area contributed by atoms with Crippen LogP contribution in [0, 0.1) is 21.4 Å². The van der Waals surface area contributed by atoms with Crippen LogP contribution in [-0.4, -0.2) is 29.7 Å². The van der Waals surface area contributed by atoms with Gasteiger partial charge in [-0.3, -0.25) is 10.1 Å². The standard InChI is InChI=1S/C13H14N2O6/c1-20-11-7-9(13(16)17)10(15(18)19)8-12(11)21-6-4-2-3-5-14/h7-8H,2-4,6H2,1H3,(H,16,17). The largest absolute Gasteiger partial charge is 0.493 e. The minimum Gasteiger partial charge on any atom is -0.493 e. The van der Waals surface area contributed by atoms with E-state index < -0.39 is 22.1 Å². The van der Waals surface area contributed by atoms with E-state index in [2.05, 4.69) is 0 Å². The van der Waals surface area contributed by atoms with Crippen LogP contribution in [0.1, 0.15) is 29.6 Å². The van der Waals surface area contributed by atoms with E-state index in [0.29, 0.717) is 19.3 Å². The van der Waals surface area contributed by atoms with Crippen LogP contribution in [0.3, 0.4) is 0 Å². The van der Waals surface area contributed by atoms with Crippen molar-refractivity contribution in [3.05, 3.63) is 27.8 Å². The Morgan fingerprint density at radius 3 is 2.67 bits per heavy atom. The first-order chi connectivity index (χ1) is 10.0. The zero-order chi connectivity index (χ0) is 15.8. The molecule has 0 atom stereocenters. The molecule has 0 radical (unpaired) electrons. The van der Waals surface area contributed by atoms with Gasteiger partial charge >= 0.3 is 5.97 Å². The van der Waals surface area contributed by atoms with Gasteiger partial charge in [-0.05, 0) is 12.8 Å². The summed E-state index contributed by atoms with van der Waals surface area (Å²) in [5.74, 6) is -1.20. The Kier molecular flexibility index (Phi) is 5.95. The highest BCUT2D eigenvalue weighted by molar-refractivity contribution is 5.93. The van der Waals surface area contributed by atoms with Crippen molar-refractivity contribution in [2.75, 3.05) is 13.7 Å². The zero-order valence-corrected chi connectivity index (χ0v) is 11.4. The number of nitro benzene ring substituents is 1. The molecule has 0 spiro atoms. The molecule has 8 nitrogen and oxygen atoms in total. The smallest absolute Gasteiger partial charge is 0.342 e. The highest BCUT2D eigenvalue weighted by Crippen LogP contribution is 2.34. The second kappa shape index (κ2) is 7.69. The van der Waals surface area contributed by atoms with E-state index in [1.165, 1.54) is 7.11 Å². The van der Waals surface area contributed by atoms with Crippen molar-refractivity contribution >= 4 is 11.7 Å². The third-order valence-electron chi connectivity index (χ3n) is 2.65. The Morgan fingerprint density at radius 1 is 1.43 bits per heavy atom. The Hall–Kier alpha value is -2.82. The molecule has 0 saturated heterocycles. The summed E-state index contributed by atoms with van der Waals surface area (Å²) in [7, 11) is 1.31. The van der Waals surface area contributed by atoms with Crippen molar-refractivity contribution in [2.45, 2.75) is 19.3 Å². The third-order valence-corrected chi connectivity index (χ3v) is 2.65. The van der Waals surface area contributed by atoms with Gasteiger partial charge in [-0.25, -0.2) is 4.79 Å². The van der Waals surface area contributed by atoms with E-state index in [4.69, 9.17) is 19.8 Å². The van der Waals surface area contributed by atoms with Gasteiger partial charge in [0.2, 0.25) is 0 Å². The lowest BCUT2D eigenvalue weighted by Crippen LogP contribution is -2.06. The fourth-order valence-electron chi connectivity index (χ4n) is 1.63. The molecule has 0 amide bonds. The first-order valence-corrected chi connectivity index (χ1v) is 6.10. The number of benzene rings is 1. The van der Waals surface area contributed by atoms with Gasteiger partial charge in [0.15, 0.2) is 11.5 Å².